The normalized spacial score (nSPS) is 22.2. The van der Waals surface area contributed by atoms with E-state index in [1.54, 1.807) is 0 Å². The molecule has 96 valence electrons. The zero-order valence-corrected chi connectivity index (χ0v) is 11.1. The van der Waals surface area contributed by atoms with Gasteiger partial charge in [-0.3, -0.25) is 0 Å². The molecular weight excluding hydrogens is 224 g/mol. The molecule has 18 heavy (non-hydrogen) atoms. The Bertz CT molecular complexity index is 546. The summed E-state index contributed by atoms with van der Waals surface area (Å²) in [6.07, 6.45) is 1.20. The molecule has 3 nitrogen and oxygen atoms in total. The molecule has 0 amide bonds. The third-order valence-electron chi connectivity index (χ3n) is 3.71. The van der Waals surface area contributed by atoms with E-state index >= 15 is 0 Å². The topological polar surface area (TPSA) is 28.4 Å². The Hall–Kier alpha value is -1.32. The summed E-state index contributed by atoms with van der Waals surface area (Å²) in [5, 5.41) is 4.78. The first-order chi connectivity index (χ1) is 8.74. The largest absolute Gasteiger partial charge is 0.459 e. The summed E-state index contributed by atoms with van der Waals surface area (Å²) in [6, 6.07) is 8.80. The SMILES string of the molecule is Cc1cccc2cc(C3CN(C)CCCN3)oc12. The summed E-state index contributed by atoms with van der Waals surface area (Å²) in [4.78, 5) is 2.37. The lowest BCUT2D eigenvalue weighted by Gasteiger charge is -2.18. The fraction of sp³-hybridized carbons (Fsp3) is 0.467. The van der Waals surface area contributed by atoms with Crippen molar-refractivity contribution in [3.63, 3.8) is 0 Å². The number of para-hydroxylation sites is 1. The van der Waals surface area contributed by atoms with Crippen molar-refractivity contribution >= 4 is 11.0 Å². The molecule has 1 unspecified atom stereocenters. The van der Waals surface area contributed by atoms with Gasteiger partial charge in [-0.25, -0.2) is 0 Å². The van der Waals surface area contributed by atoms with Crippen LogP contribution in [-0.2, 0) is 0 Å². The van der Waals surface area contributed by atoms with Gasteiger partial charge >= 0.3 is 0 Å². The van der Waals surface area contributed by atoms with E-state index in [1.807, 2.05) is 0 Å². The van der Waals surface area contributed by atoms with Crippen molar-refractivity contribution in [3.8, 4) is 0 Å². The summed E-state index contributed by atoms with van der Waals surface area (Å²) in [7, 11) is 2.17. The zero-order chi connectivity index (χ0) is 12.5. The van der Waals surface area contributed by atoms with Crippen molar-refractivity contribution in [2.45, 2.75) is 19.4 Å². The predicted octanol–water partition coefficient (Wildman–Crippen LogP) is 2.71. The van der Waals surface area contributed by atoms with Gasteiger partial charge in [-0.1, -0.05) is 18.2 Å². The van der Waals surface area contributed by atoms with Crippen molar-refractivity contribution in [3.05, 3.63) is 35.6 Å². The van der Waals surface area contributed by atoms with Crippen LogP contribution in [-0.4, -0.2) is 31.6 Å². The van der Waals surface area contributed by atoms with Crippen LogP contribution in [0.1, 0.15) is 23.8 Å². The maximum Gasteiger partial charge on any atom is 0.137 e. The number of nitrogens with one attached hydrogen (secondary N) is 1. The first kappa shape index (κ1) is 11.8. The van der Waals surface area contributed by atoms with Crippen molar-refractivity contribution < 1.29 is 4.42 Å². The van der Waals surface area contributed by atoms with Gasteiger partial charge in [0, 0.05) is 11.9 Å². The monoisotopic (exact) mass is 244 g/mol. The number of rotatable bonds is 1. The molecule has 0 radical (unpaired) electrons. The molecular formula is C15H20N2O. The second-order valence-corrected chi connectivity index (χ2v) is 5.26. The van der Waals surface area contributed by atoms with E-state index in [-0.39, 0.29) is 0 Å². The van der Waals surface area contributed by atoms with E-state index in [2.05, 4.69) is 48.5 Å². The molecule has 1 aromatic heterocycles. The maximum absolute atomic E-state index is 6.05. The van der Waals surface area contributed by atoms with Crippen LogP contribution in [0.4, 0.5) is 0 Å². The highest BCUT2D eigenvalue weighted by Gasteiger charge is 2.20. The Balaban J connectivity index is 1.95. The highest BCUT2D eigenvalue weighted by atomic mass is 16.3. The van der Waals surface area contributed by atoms with E-state index in [9.17, 15) is 0 Å². The molecule has 1 aliphatic heterocycles. The number of fused-ring (bicyclic) bond motifs is 1. The van der Waals surface area contributed by atoms with Crippen LogP contribution in [0.15, 0.2) is 28.7 Å². The zero-order valence-electron chi connectivity index (χ0n) is 11.1. The molecule has 0 bridgehead atoms. The summed E-state index contributed by atoms with van der Waals surface area (Å²) in [5.41, 5.74) is 2.24. The second kappa shape index (κ2) is 4.75. The third-order valence-corrected chi connectivity index (χ3v) is 3.71. The summed E-state index contributed by atoms with van der Waals surface area (Å²) >= 11 is 0. The van der Waals surface area contributed by atoms with Gasteiger partial charge in [-0.05, 0) is 45.1 Å². The molecule has 0 spiro atoms. The van der Waals surface area contributed by atoms with Gasteiger partial charge in [-0.2, -0.15) is 0 Å². The van der Waals surface area contributed by atoms with Gasteiger partial charge in [0.25, 0.3) is 0 Å². The molecule has 1 N–H and O–H groups in total. The van der Waals surface area contributed by atoms with Crippen LogP contribution in [0.3, 0.4) is 0 Å². The maximum atomic E-state index is 6.05. The standard InChI is InChI=1S/C15H20N2O/c1-11-5-3-6-12-9-14(18-15(11)12)13-10-17(2)8-4-7-16-13/h3,5-6,9,13,16H,4,7-8,10H2,1-2H3. The highest BCUT2D eigenvalue weighted by Crippen LogP contribution is 2.27. The minimum absolute atomic E-state index is 0.310. The average molecular weight is 244 g/mol. The number of furan rings is 1. The van der Waals surface area contributed by atoms with Gasteiger partial charge < -0.3 is 14.6 Å². The smallest absolute Gasteiger partial charge is 0.137 e. The predicted molar refractivity (Wildman–Crippen MR) is 73.8 cm³/mol. The van der Waals surface area contributed by atoms with E-state index in [1.165, 1.54) is 17.4 Å². The Morgan fingerprint density at radius 1 is 1.39 bits per heavy atom. The minimum atomic E-state index is 0.310. The Kier molecular flexibility index (Phi) is 3.10. The molecule has 2 heterocycles. The summed E-state index contributed by atoms with van der Waals surface area (Å²) in [6.45, 7) is 5.33. The minimum Gasteiger partial charge on any atom is -0.459 e. The van der Waals surface area contributed by atoms with Crippen molar-refractivity contribution in [2.75, 3.05) is 26.7 Å². The van der Waals surface area contributed by atoms with Crippen molar-refractivity contribution in [1.29, 1.82) is 0 Å². The molecule has 2 aromatic rings. The lowest BCUT2D eigenvalue weighted by Crippen LogP contribution is -2.28. The number of hydrogen-bond acceptors (Lipinski definition) is 3. The fourth-order valence-electron chi connectivity index (χ4n) is 2.68. The number of hydrogen-bond donors (Lipinski definition) is 1. The van der Waals surface area contributed by atoms with Crippen LogP contribution < -0.4 is 5.32 Å². The number of likely N-dealkylation sites (N-methyl/N-ethyl adjacent to an activating group) is 1. The second-order valence-electron chi connectivity index (χ2n) is 5.26. The molecule has 1 aromatic carbocycles. The highest BCUT2D eigenvalue weighted by molar-refractivity contribution is 5.81. The van der Waals surface area contributed by atoms with Crippen molar-refractivity contribution in [2.24, 2.45) is 0 Å². The number of benzene rings is 1. The van der Waals surface area contributed by atoms with Gasteiger partial charge in [0.15, 0.2) is 0 Å². The summed E-state index contributed by atoms with van der Waals surface area (Å²) < 4.78 is 6.05. The molecule has 1 fully saturated rings. The quantitative estimate of drug-likeness (QED) is 0.836. The van der Waals surface area contributed by atoms with Crippen LogP contribution >= 0.6 is 0 Å². The van der Waals surface area contributed by atoms with E-state index in [0.29, 0.717) is 6.04 Å². The summed E-state index contributed by atoms with van der Waals surface area (Å²) in [5.74, 6) is 1.06. The molecule has 3 rings (SSSR count). The Morgan fingerprint density at radius 2 is 2.28 bits per heavy atom. The molecule has 1 atom stereocenters. The molecule has 3 heteroatoms. The Labute approximate surface area is 108 Å². The number of nitrogens with zero attached hydrogens (tertiary/aromatic N) is 1. The average Bonchev–Trinajstić information content (AvgIpc) is 2.67. The van der Waals surface area contributed by atoms with Crippen LogP contribution in [0.25, 0.3) is 11.0 Å². The fourth-order valence-corrected chi connectivity index (χ4v) is 2.68. The lowest BCUT2D eigenvalue weighted by atomic mass is 10.1. The molecule has 1 aliphatic rings. The molecule has 1 saturated heterocycles. The van der Waals surface area contributed by atoms with Crippen LogP contribution in [0.5, 0.6) is 0 Å². The number of aryl methyl sites for hydroxylation is 1. The van der Waals surface area contributed by atoms with Gasteiger partial charge in [0.05, 0.1) is 6.04 Å². The van der Waals surface area contributed by atoms with Crippen molar-refractivity contribution in [1.82, 2.24) is 10.2 Å². The van der Waals surface area contributed by atoms with Crippen LogP contribution in [0.2, 0.25) is 0 Å². The van der Waals surface area contributed by atoms with Crippen LogP contribution in [0, 0.1) is 6.92 Å². The van der Waals surface area contributed by atoms with E-state index < -0.39 is 0 Å². The third kappa shape index (κ3) is 2.16. The molecule has 0 saturated carbocycles. The van der Waals surface area contributed by atoms with Gasteiger partial charge in [0.2, 0.25) is 0 Å². The van der Waals surface area contributed by atoms with E-state index in [4.69, 9.17) is 4.42 Å². The first-order valence-electron chi connectivity index (χ1n) is 6.65. The lowest BCUT2D eigenvalue weighted by molar-refractivity contribution is 0.308. The molecule has 0 aliphatic carbocycles. The van der Waals surface area contributed by atoms with E-state index in [0.717, 1.165) is 31.0 Å². The van der Waals surface area contributed by atoms with Gasteiger partial charge in [0.1, 0.15) is 11.3 Å². The Morgan fingerprint density at radius 3 is 3.11 bits per heavy atom. The van der Waals surface area contributed by atoms with Gasteiger partial charge in [-0.15, -0.1) is 0 Å². The first-order valence-corrected chi connectivity index (χ1v) is 6.65.